The van der Waals surface area contributed by atoms with Crippen molar-refractivity contribution in [2.75, 3.05) is 13.1 Å². The number of likely N-dealkylation sites (tertiary alicyclic amines) is 1. The average Bonchev–Trinajstić information content (AvgIpc) is 2.72. The fourth-order valence-electron chi connectivity index (χ4n) is 1.88. The molecule has 1 aliphatic heterocycles. The Hall–Kier alpha value is -0.470. The number of nitrogens with zero attached hydrogens (tertiary/aromatic N) is 1. The minimum absolute atomic E-state index is 0.625. The normalized spacial score (nSPS) is 19.8. The summed E-state index contributed by atoms with van der Waals surface area (Å²) in [6, 6.07) is 10.7. The highest BCUT2D eigenvalue weighted by atomic mass is 32.2. The summed E-state index contributed by atoms with van der Waals surface area (Å²) in [6.07, 6.45) is 2.75. The summed E-state index contributed by atoms with van der Waals surface area (Å²) in [5, 5.41) is 0.625. The first-order valence-electron chi connectivity index (χ1n) is 5.32. The van der Waals surface area contributed by atoms with E-state index in [1.165, 1.54) is 30.8 Å². The lowest BCUT2D eigenvalue weighted by Gasteiger charge is -2.22. The van der Waals surface area contributed by atoms with Crippen LogP contribution < -0.4 is 0 Å². The molecule has 0 bridgehead atoms. The van der Waals surface area contributed by atoms with Crippen molar-refractivity contribution in [2.24, 2.45) is 0 Å². The van der Waals surface area contributed by atoms with E-state index in [-0.39, 0.29) is 0 Å². The van der Waals surface area contributed by atoms with Crippen LogP contribution in [0.3, 0.4) is 0 Å². The lowest BCUT2D eigenvalue weighted by atomic mass is 10.4. The van der Waals surface area contributed by atoms with Crippen LogP contribution in [0.5, 0.6) is 0 Å². The summed E-state index contributed by atoms with van der Waals surface area (Å²) in [7, 11) is 0. The molecule has 0 spiro atoms. The summed E-state index contributed by atoms with van der Waals surface area (Å²) in [4.78, 5) is 3.95. The third-order valence-corrected chi connectivity index (χ3v) is 3.89. The average molecular weight is 207 g/mol. The van der Waals surface area contributed by atoms with E-state index >= 15 is 0 Å². The summed E-state index contributed by atoms with van der Waals surface area (Å²) in [6.45, 7) is 4.87. The van der Waals surface area contributed by atoms with Gasteiger partial charge in [0.05, 0.1) is 5.37 Å². The van der Waals surface area contributed by atoms with Gasteiger partial charge in [-0.1, -0.05) is 18.2 Å². The molecule has 2 rings (SSSR count). The molecule has 0 N–H and O–H groups in total. The third-order valence-electron chi connectivity index (χ3n) is 2.70. The molecule has 0 aromatic heterocycles. The molecule has 1 unspecified atom stereocenters. The number of benzene rings is 1. The van der Waals surface area contributed by atoms with Crippen molar-refractivity contribution in [2.45, 2.75) is 30.0 Å². The summed E-state index contributed by atoms with van der Waals surface area (Å²) < 4.78 is 0. The molecule has 0 radical (unpaired) electrons. The first-order valence-corrected chi connectivity index (χ1v) is 6.20. The van der Waals surface area contributed by atoms with Gasteiger partial charge in [-0.2, -0.15) is 0 Å². The first-order chi connectivity index (χ1) is 6.86. The van der Waals surface area contributed by atoms with Crippen LogP contribution in [0.25, 0.3) is 0 Å². The minimum Gasteiger partial charge on any atom is -0.291 e. The fraction of sp³-hybridized carbons (Fsp3) is 0.500. The van der Waals surface area contributed by atoms with Crippen molar-refractivity contribution in [3.05, 3.63) is 30.3 Å². The SMILES string of the molecule is CC(Sc1ccccc1)N1CCCC1. The van der Waals surface area contributed by atoms with Gasteiger partial charge < -0.3 is 0 Å². The summed E-state index contributed by atoms with van der Waals surface area (Å²) >= 11 is 1.97. The van der Waals surface area contributed by atoms with Crippen LogP contribution in [0, 0.1) is 0 Å². The van der Waals surface area contributed by atoms with E-state index in [9.17, 15) is 0 Å². The van der Waals surface area contributed by atoms with Gasteiger partial charge in [0.15, 0.2) is 0 Å². The van der Waals surface area contributed by atoms with Crippen LogP contribution in [0.1, 0.15) is 19.8 Å². The number of hydrogen-bond donors (Lipinski definition) is 0. The van der Waals surface area contributed by atoms with Crippen molar-refractivity contribution >= 4 is 11.8 Å². The quantitative estimate of drug-likeness (QED) is 0.700. The van der Waals surface area contributed by atoms with Crippen molar-refractivity contribution in [3.8, 4) is 0 Å². The molecule has 2 heteroatoms. The van der Waals surface area contributed by atoms with Crippen LogP contribution >= 0.6 is 11.8 Å². The highest BCUT2D eigenvalue weighted by Gasteiger charge is 2.18. The molecule has 0 saturated carbocycles. The molecule has 1 aromatic carbocycles. The Morgan fingerprint density at radius 1 is 1.14 bits per heavy atom. The molecule has 1 atom stereocenters. The van der Waals surface area contributed by atoms with Crippen molar-refractivity contribution in [3.63, 3.8) is 0 Å². The second-order valence-electron chi connectivity index (χ2n) is 3.77. The van der Waals surface area contributed by atoms with Gasteiger partial charge in [-0.15, -0.1) is 11.8 Å². The van der Waals surface area contributed by atoms with Crippen LogP contribution in [0.4, 0.5) is 0 Å². The highest BCUT2D eigenvalue weighted by molar-refractivity contribution is 7.99. The van der Waals surface area contributed by atoms with Crippen LogP contribution in [-0.4, -0.2) is 23.4 Å². The highest BCUT2D eigenvalue weighted by Crippen LogP contribution is 2.27. The molecule has 0 aliphatic carbocycles. The maximum Gasteiger partial charge on any atom is 0.0575 e. The van der Waals surface area contributed by atoms with Crippen molar-refractivity contribution in [1.29, 1.82) is 0 Å². The van der Waals surface area contributed by atoms with E-state index in [1.54, 1.807) is 0 Å². The molecule has 0 amide bonds. The van der Waals surface area contributed by atoms with E-state index in [1.807, 2.05) is 11.8 Å². The van der Waals surface area contributed by atoms with E-state index in [4.69, 9.17) is 0 Å². The third kappa shape index (κ3) is 2.52. The number of hydrogen-bond acceptors (Lipinski definition) is 2. The standard InChI is InChI=1S/C12H17NS/c1-11(13-9-5-6-10-13)14-12-7-3-2-4-8-12/h2-4,7-8,11H,5-6,9-10H2,1H3. The predicted molar refractivity (Wildman–Crippen MR) is 62.6 cm³/mol. The summed E-state index contributed by atoms with van der Waals surface area (Å²) in [5.41, 5.74) is 0. The van der Waals surface area contributed by atoms with E-state index in [2.05, 4.69) is 42.2 Å². The van der Waals surface area contributed by atoms with E-state index in [0.717, 1.165) is 0 Å². The zero-order valence-corrected chi connectivity index (χ0v) is 9.46. The van der Waals surface area contributed by atoms with Gasteiger partial charge in [0.2, 0.25) is 0 Å². The monoisotopic (exact) mass is 207 g/mol. The van der Waals surface area contributed by atoms with Crippen LogP contribution in [0.2, 0.25) is 0 Å². The maximum atomic E-state index is 2.57. The molecule has 1 saturated heterocycles. The Morgan fingerprint density at radius 3 is 2.43 bits per heavy atom. The topological polar surface area (TPSA) is 3.24 Å². The van der Waals surface area contributed by atoms with Gasteiger partial charge in [-0.05, 0) is 45.0 Å². The lowest BCUT2D eigenvalue weighted by Crippen LogP contribution is -2.27. The Morgan fingerprint density at radius 2 is 1.79 bits per heavy atom. The molecule has 1 nitrogen and oxygen atoms in total. The van der Waals surface area contributed by atoms with Crippen LogP contribution in [0.15, 0.2) is 35.2 Å². The summed E-state index contributed by atoms with van der Waals surface area (Å²) in [5.74, 6) is 0. The van der Waals surface area contributed by atoms with Gasteiger partial charge in [0.1, 0.15) is 0 Å². The largest absolute Gasteiger partial charge is 0.291 e. The van der Waals surface area contributed by atoms with Gasteiger partial charge in [-0.25, -0.2) is 0 Å². The zero-order valence-electron chi connectivity index (χ0n) is 8.65. The first kappa shape index (κ1) is 10.1. The molecule has 1 heterocycles. The Balaban J connectivity index is 1.90. The minimum atomic E-state index is 0.625. The van der Waals surface area contributed by atoms with Crippen molar-refractivity contribution < 1.29 is 0 Å². The Labute approximate surface area is 90.5 Å². The Kier molecular flexibility index (Phi) is 3.49. The fourth-order valence-corrected chi connectivity index (χ4v) is 2.94. The predicted octanol–water partition coefficient (Wildman–Crippen LogP) is 3.22. The second kappa shape index (κ2) is 4.85. The van der Waals surface area contributed by atoms with E-state index in [0.29, 0.717) is 5.37 Å². The van der Waals surface area contributed by atoms with E-state index < -0.39 is 0 Å². The second-order valence-corrected chi connectivity index (χ2v) is 5.16. The smallest absolute Gasteiger partial charge is 0.0575 e. The van der Waals surface area contributed by atoms with Crippen LogP contribution in [-0.2, 0) is 0 Å². The number of thioether (sulfide) groups is 1. The molecular weight excluding hydrogens is 190 g/mol. The zero-order chi connectivity index (χ0) is 9.80. The molecule has 14 heavy (non-hydrogen) atoms. The maximum absolute atomic E-state index is 2.57. The Bertz CT molecular complexity index is 267. The van der Waals surface area contributed by atoms with Gasteiger partial charge in [0.25, 0.3) is 0 Å². The van der Waals surface area contributed by atoms with Crippen molar-refractivity contribution in [1.82, 2.24) is 4.90 Å². The van der Waals surface area contributed by atoms with Gasteiger partial charge in [-0.3, -0.25) is 4.90 Å². The lowest BCUT2D eigenvalue weighted by molar-refractivity contribution is 0.332. The molecule has 1 aliphatic rings. The van der Waals surface area contributed by atoms with Gasteiger partial charge in [0, 0.05) is 4.90 Å². The molecular formula is C12H17NS. The van der Waals surface area contributed by atoms with Gasteiger partial charge >= 0.3 is 0 Å². The molecule has 76 valence electrons. The molecule has 1 fully saturated rings. The molecule has 1 aromatic rings. The number of rotatable bonds is 3.